The Kier molecular flexibility index (Phi) is 6.17. The van der Waals surface area contributed by atoms with Gasteiger partial charge in [-0.15, -0.1) is 0 Å². The summed E-state index contributed by atoms with van der Waals surface area (Å²) < 4.78 is 29.5. The van der Waals surface area contributed by atoms with E-state index in [0.29, 0.717) is 13.0 Å². The Morgan fingerprint density at radius 2 is 1.88 bits per heavy atom. The van der Waals surface area contributed by atoms with Crippen molar-refractivity contribution >= 4 is 33.3 Å². The Labute approximate surface area is 155 Å². The number of rotatable bonds is 7. The highest BCUT2D eigenvalue weighted by molar-refractivity contribution is 7.87. The van der Waals surface area contributed by atoms with E-state index in [-0.39, 0.29) is 27.3 Å². The molecule has 0 atom stereocenters. The molecular weight excluding hydrogens is 384 g/mol. The van der Waals surface area contributed by atoms with Gasteiger partial charge in [-0.25, -0.2) is 0 Å². The highest BCUT2D eigenvalue weighted by atomic mass is 35.5. The lowest BCUT2D eigenvalue weighted by Gasteiger charge is -2.08. The van der Waals surface area contributed by atoms with E-state index in [2.05, 4.69) is 5.32 Å². The van der Waals surface area contributed by atoms with Crippen LogP contribution in [0.2, 0.25) is 5.02 Å². The van der Waals surface area contributed by atoms with Crippen LogP contribution in [0.3, 0.4) is 0 Å². The molecule has 10 heteroatoms. The summed E-state index contributed by atoms with van der Waals surface area (Å²) in [7, 11) is -4.11. The summed E-state index contributed by atoms with van der Waals surface area (Å²) in [6.07, 6.45) is 0.554. The zero-order valence-electron chi connectivity index (χ0n) is 13.6. The molecule has 0 saturated carbocycles. The molecule has 138 valence electrons. The summed E-state index contributed by atoms with van der Waals surface area (Å²) in [5, 5.41) is 13.1. The first-order valence-corrected chi connectivity index (χ1v) is 9.19. The van der Waals surface area contributed by atoms with Crippen molar-refractivity contribution in [3.63, 3.8) is 0 Å². The van der Waals surface area contributed by atoms with E-state index in [4.69, 9.17) is 15.8 Å². The van der Waals surface area contributed by atoms with E-state index in [1.165, 1.54) is 19.1 Å². The number of nitro groups is 1. The average molecular weight is 399 g/mol. The number of hydrogen-bond acceptors (Lipinski definition) is 6. The molecule has 2 aromatic carbocycles. The number of nitrogens with one attached hydrogen (secondary N) is 1. The lowest BCUT2D eigenvalue weighted by Crippen LogP contribution is -2.22. The molecule has 0 bridgehead atoms. The summed E-state index contributed by atoms with van der Waals surface area (Å²) in [5.74, 6) is -0.269. The molecule has 8 nitrogen and oxygen atoms in total. The molecule has 0 saturated heterocycles. The normalized spacial score (nSPS) is 11.0. The zero-order valence-corrected chi connectivity index (χ0v) is 15.2. The maximum atomic E-state index is 12.3. The molecule has 0 unspecified atom stereocenters. The van der Waals surface area contributed by atoms with Crippen LogP contribution < -0.4 is 9.50 Å². The number of hydrogen-bond donors (Lipinski definition) is 1. The molecule has 0 aliphatic rings. The van der Waals surface area contributed by atoms with E-state index >= 15 is 0 Å². The van der Waals surface area contributed by atoms with Crippen molar-refractivity contribution in [3.8, 4) is 5.75 Å². The van der Waals surface area contributed by atoms with E-state index in [9.17, 15) is 23.3 Å². The highest BCUT2D eigenvalue weighted by Crippen LogP contribution is 2.30. The molecule has 0 aromatic heterocycles. The van der Waals surface area contributed by atoms with Crippen LogP contribution in [0.4, 0.5) is 5.69 Å². The second kappa shape index (κ2) is 8.15. The second-order valence-electron chi connectivity index (χ2n) is 5.28. The number of amides is 1. The van der Waals surface area contributed by atoms with Gasteiger partial charge in [0.15, 0.2) is 0 Å². The predicted octanol–water partition coefficient (Wildman–Crippen LogP) is 2.69. The fraction of sp³-hybridized carbons (Fsp3) is 0.188. The largest absolute Gasteiger partial charge is 0.379 e. The van der Waals surface area contributed by atoms with Gasteiger partial charge in [0, 0.05) is 25.6 Å². The monoisotopic (exact) mass is 398 g/mol. The van der Waals surface area contributed by atoms with Gasteiger partial charge in [0.05, 0.1) is 4.92 Å². The van der Waals surface area contributed by atoms with Crippen LogP contribution in [0, 0.1) is 10.1 Å². The van der Waals surface area contributed by atoms with Crippen molar-refractivity contribution in [3.05, 3.63) is 63.2 Å². The third kappa shape index (κ3) is 5.17. The van der Waals surface area contributed by atoms with Gasteiger partial charge in [0.25, 0.3) is 5.69 Å². The van der Waals surface area contributed by atoms with Crippen molar-refractivity contribution in [2.45, 2.75) is 18.2 Å². The minimum atomic E-state index is -4.11. The summed E-state index contributed by atoms with van der Waals surface area (Å²) in [6, 6.07) is 9.28. The van der Waals surface area contributed by atoms with Crippen LogP contribution >= 0.6 is 11.6 Å². The second-order valence-corrected chi connectivity index (χ2v) is 7.24. The number of halogens is 1. The van der Waals surface area contributed by atoms with Crippen molar-refractivity contribution in [1.82, 2.24) is 5.32 Å². The minimum absolute atomic E-state index is 0.0738. The maximum Gasteiger partial charge on any atom is 0.339 e. The Bertz CT molecular complexity index is 928. The van der Waals surface area contributed by atoms with Crippen molar-refractivity contribution < 1.29 is 22.3 Å². The maximum absolute atomic E-state index is 12.3. The molecule has 0 heterocycles. The summed E-state index contributed by atoms with van der Waals surface area (Å²) >= 11 is 5.74. The first kappa shape index (κ1) is 19.7. The smallest absolute Gasteiger partial charge is 0.339 e. The summed E-state index contributed by atoms with van der Waals surface area (Å²) in [4.78, 5) is 20.8. The van der Waals surface area contributed by atoms with Crippen molar-refractivity contribution in [1.29, 1.82) is 0 Å². The molecule has 0 spiro atoms. The third-order valence-electron chi connectivity index (χ3n) is 3.32. The van der Waals surface area contributed by atoms with E-state index < -0.39 is 15.0 Å². The predicted molar refractivity (Wildman–Crippen MR) is 94.7 cm³/mol. The summed E-state index contributed by atoms with van der Waals surface area (Å²) in [6.45, 7) is 1.86. The Balaban J connectivity index is 2.11. The van der Waals surface area contributed by atoms with Gasteiger partial charge in [0.2, 0.25) is 5.91 Å². The van der Waals surface area contributed by atoms with Gasteiger partial charge < -0.3 is 9.50 Å². The molecule has 1 N–H and O–H groups in total. The summed E-state index contributed by atoms with van der Waals surface area (Å²) in [5.41, 5.74) is 0.496. The van der Waals surface area contributed by atoms with Gasteiger partial charge in [0.1, 0.15) is 15.7 Å². The molecule has 0 aliphatic carbocycles. The first-order chi connectivity index (χ1) is 12.2. The highest BCUT2D eigenvalue weighted by Gasteiger charge is 2.19. The number of carbonyl (C=O) groups excluding carboxylic acids is 1. The average Bonchev–Trinajstić information content (AvgIpc) is 2.54. The van der Waals surface area contributed by atoms with Crippen LogP contribution in [0.25, 0.3) is 0 Å². The molecule has 0 fully saturated rings. The van der Waals surface area contributed by atoms with Crippen LogP contribution in [-0.2, 0) is 21.3 Å². The molecule has 2 aromatic rings. The van der Waals surface area contributed by atoms with Gasteiger partial charge in [-0.2, -0.15) is 8.42 Å². The van der Waals surface area contributed by atoms with Gasteiger partial charge in [-0.3, -0.25) is 14.9 Å². The van der Waals surface area contributed by atoms with E-state index in [0.717, 1.165) is 23.8 Å². The van der Waals surface area contributed by atoms with E-state index in [1.54, 1.807) is 12.1 Å². The molecule has 26 heavy (non-hydrogen) atoms. The Morgan fingerprint density at radius 1 is 1.23 bits per heavy atom. The number of nitro benzene ring substituents is 1. The van der Waals surface area contributed by atoms with Crippen LogP contribution in [0.15, 0.2) is 47.4 Å². The van der Waals surface area contributed by atoms with Crippen LogP contribution in [0.1, 0.15) is 12.5 Å². The number of benzene rings is 2. The minimum Gasteiger partial charge on any atom is -0.379 e. The Hall–Kier alpha value is -2.65. The molecule has 0 aliphatic heterocycles. The molecular formula is C16H15ClN2O6S. The fourth-order valence-corrected chi connectivity index (χ4v) is 3.23. The quantitative estimate of drug-likeness (QED) is 0.435. The van der Waals surface area contributed by atoms with Gasteiger partial charge in [-0.1, -0.05) is 23.7 Å². The fourth-order valence-electron chi connectivity index (χ4n) is 2.07. The van der Waals surface area contributed by atoms with E-state index in [1.807, 2.05) is 0 Å². The lowest BCUT2D eigenvalue weighted by molar-refractivity contribution is -0.384. The number of nitrogens with zero attached hydrogens (tertiary/aromatic N) is 1. The Morgan fingerprint density at radius 3 is 2.42 bits per heavy atom. The van der Waals surface area contributed by atoms with Gasteiger partial charge >= 0.3 is 10.1 Å². The van der Waals surface area contributed by atoms with Crippen LogP contribution in [-0.4, -0.2) is 25.8 Å². The molecule has 0 radical (unpaired) electrons. The molecule has 2 rings (SSSR count). The SMILES string of the molecule is CC(=O)NCCc1ccc(S(=O)(=O)Oc2ccc([N+](=O)[O-])c(Cl)c2)cc1. The molecule has 1 amide bonds. The van der Waals surface area contributed by atoms with Crippen molar-refractivity contribution in [2.75, 3.05) is 6.54 Å². The third-order valence-corrected chi connectivity index (χ3v) is 4.89. The first-order valence-electron chi connectivity index (χ1n) is 7.41. The zero-order chi connectivity index (χ0) is 19.3. The van der Waals surface area contributed by atoms with Gasteiger partial charge in [-0.05, 0) is 30.2 Å². The topological polar surface area (TPSA) is 116 Å². The van der Waals surface area contributed by atoms with Crippen molar-refractivity contribution in [2.24, 2.45) is 0 Å². The standard InChI is InChI=1S/C16H15ClN2O6S/c1-11(20)18-9-8-12-2-5-14(6-3-12)26(23,24)25-13-4-7-16(19(21)22)15(17)10-13/h2-7,10H,8-9H2,1H3,(H,18,20). The lowest BCUT2D eigenvalue weighted by atomic mass is 10.1. The number of carbonyl (C=O) groups is 1. The van der Waals surface area contributed by atoms with Crippen LogP contribution in [0.5, 0.6) is 5.75 Å².